The number of ether oxygens (including phenoxy) is 1. The summed E-state index contributed by atoms with van der Waals surface area (Å²) in [7, 11) is 0. The molecule has 2 aromatic heterocycles. The van der Waals surface area contributed by atoms with Gasteiger partial charge in [0.1, 0.15) is 11.5 Å². The van der Waals surface area contributed by atoms with Crippen LogP contribution in [0.15, 0.2) is 54.7 Å². The monoisotopic (exact) mass is 387 g/mol. The van der Waals surface area contributed by atoms with Crippen LogP contribution in [0, 0.1) is 5.82 Å². The number of amides is 1. The molecule has 1 amide bonds. The molecule has 138 valence electrons. The van der Waals surface area contributed by atoms with Crippen molar-refractivity contribution in [3.05, 3.63) is 71.4 Å². The molecule has 0 aliphatic heterocycles. The predicted molar refractivity (Wildman–Crippen MR) is 99.8 cm³/mol. The maximum absolute atomic E-state index is 13.6. The van der Waals surface area contributed by atoms with E-state index in [0.29, 0.717) is 11.3 Å². The molecule has 1 N–H and O–H groups in total. The molecule has 6 nitrogen and oxygen atoms in total. The molecule has 0 aliphatic carbocycles. The number of benzene rings is 1. The molecular weight excluding hydrogens is 373 g/mol. The molecule has 0 radical (unpaired) electrons. The number of hydrogen-bond acceptors (Lipinski definition) is 4. The number of imidazole rings is 1. The summed E-state index contributed by atoms with van der Waals surface area (Å²) >= 11 is 6.08. The molecule has 8 heteroatoms. The molecule has 3 aromatic rings. The average molecular weight is 388 g/mol. The van der Waals surface area contributed by atoms with Crippen molar-refractivity contribution in [2.24, 2.45) is 0 Å². The molecule has 0 saturated heterocycles. The highest BCUT2D eigenvalue weighted by atomic mass is 35.5. The minimum absolute atomic E-state index is 0.0125. The third-order valence-electron chi connectivity index (χ3n) is 3.69. The third kappa shape index (κ3) is 4.32. The Kier molecular flexibility index (Phi) is 5.52. The number of anilines is 1. The number of esters is 1. The summed E-state index contributed by atoms with van der Waals surface area (Å²) in [6.45, 7) is 1.39. The van der Waals surface area contributed by atoms with Crippen molar-refractivity contribution in [3.63, 3.8) is 0 Å². The Bertz CT molecular complexity index is 1030. The van der Waals surface area contributed by atoms with Crippen LogP contribution in [0.1, 0.15) is 12.6 Å². The summed E-state index contributed by atoms with van der Waals surface area (Å²) in [6.07, 6.45) is 3.24. The first-order valence-electron chi connectivity index (χ1n) is 8.02. The first-order valence-corrected chi connectivity index (χ1v) is 8.40. The molecule has 0 aliphatic rings. The van der Waals surface area contributed by atoms with E-state index in [1.807, 2.05) is 6.07 Å². The average Bonchev–Trinajstić information content (AvgIpc) is 2.97. The van der Waals surface area contributed by atoms with Crippen LogP contribution in [0.5, 0.6) is 0 Å². The minimum Gasteiger partial charge on any atom is -0.449 e. The lowest BCUT2D eigenvalue weighted by atomic mass is 10.3. The second-order valence-electron chi connectivity index (χ2n) is 5.60. The van der Waals surface area contributed by atoms with Crippen LogP contribution in [0.25, 0.3) is 11.7 Å². The van der Waals surface area contributed by atoms with Crippen molar-refractivity contribution in [3.8, 4) is 0 Å². The maximum atomic E-state index is 13.6. The third-order valence-corrected chi connectivity index (χ3v) is 3.97. The zero-order valence-corrected chi connectivity index (χ0v) is 15.0. The van der Waals surface area contributed by atoms with E-state index >= 15 is 0 Å². The van der Waals surface area contributed by atoms with Gasteiger partial charge in [-0.3, -0.25) is 9.20 Å². The van der Waals surface area contributed by atoms with Crippen LogP contribution in [0.3, 0.4) is 0 Å². The minimum atomic E-state index is -1.11. The molecule has 0 bridgehead atoms. The SMILES string of the molecule is C[C@@H](OC(=O)/C=C/c1c(Cl)nc2ccccn12)C(=O)Nc1ccccc1F. The van der Waals surface area contributed by atoms with E-state index in [-0.39, 0.29) is 10.8 Å². The molecule has 1 atom stereocenters. The van der Waals surface area contributed by atoms with Crippen molar-refractivity contribution < 1.29 is 18.7 Å². The molecule has 27 heavy (non-hydrogen) atoms. The Morgan fingerprint density at radius 1 is 1.26 bits per heavy atom. The van der Waals surface area contributed by atoms with E-state index in [4.69, 9.17) is 16.3 Å². The number of hydrogen-bond donors (Lipinski definition) is 1. The van der Waals surface area contributed by atoms with Gasteiger partial charge in [-0.25, -0.2) is 14.2 Å². The van der Waals surface area contributed by atoms with Gasteiger partial charge in [0.15, 0.2) is 11.3 Å². The van der Waals surface area contributed by atoms with Crippen molar-refractivity contribution in [1.82, 2.24) is 9.38 Å². The van der Waals surface area contributed by atoms with Gasteiger partial charge in [0.05, 0.1) is 11.4 Å². The molecule has 2 heterocycles. The summed E-state index contributed by atoms with van der Waals surface area (Å²) in [5.41, 5.74) is 1.15. The van der Waals surface area contributed by atoms with Crippen LogP contribution in [-0.4, -0.2) is 27.4 Å². The number of rotatable bonds is 5. The zero-order valence-electron chi connectivity index (χ0n) is 14.2. The Hall–Kier alpha value is -3.19. The zero-order chi connectivity index (χ0) is 19.4. The second kappa shape index (κ2) is 8.01. The van der Waals surface area contributed by atoms with E-state index in [9.17, 15) is 14.0 Å². The number of nitrogens with zero attached hydrogens (tertiary/aromatic N) is 2. The van der Waals surface area contributed by atoms with Gasteiger partial charge < -0.3 is 10.1 Å². The van der Waals surface area contributed by atoms with E-state index in [2.05, 4.69) is 10.3 Å². The van der Waals surface area contributed by atoms with Crippen molar-refractivity contribution in [1.29, 1.82) is 0 Å². The summed E-state index contributed by atoms with van der Waals surface area (Å²) in [5, 5.41) is 2.60. The maximum Gasteiger partial charge on any atom is 0.331 e. The fraction of sp³-hybridized carbons (Fsp3) is 0.105. The van der Waals surface area contributed by atoms with Crippen LogP contribution >= 0.6 is 11.6 Å². The van der Waals surface area contributed by atoms with Gasteiger partial charge in [-0.2, -0.15) is 0 Å². The fourth-order valence-electron chi connectivity index (χ4n) is 2.35. The molecule has 0 spiro atoms. The molecule has 1 aromatic carbocycles. The summed E-state index contributed by atoms with van der Waals surface area (Å²) in [4.78, 5) is 28.2. The molecule has 0 unspecified atom stereocenters. The highest BCUT2D eigenvalue weighted by molar-refractivity contribution is 6.31. The van der Waals surface area contributed by atoms with Crippen LogP contribution in [0.4, 0.5) is 10.1 Å². The number of carbonyl (C=O) groups is 2. The molecule has 0 fully saturated rings. The molecular formula is C19H15ClFN3O3. The van der Waals surface area contributed by atoms with Crippen LogP contribution in [-0.2, 0) is 14.3 Å². The smallest absolute Gasteiger partial charge is 0.331 e. The highest BCUT2D eigenvalue weighted by Gasteiger charge is 2.18. The standard InChI is InChI=1S/C19H15ClFN3O3/c1-12(19(26)22-14-7-3-2-6-13(14)21)27-17(25)10-9-15-18(20)23-16-8-4-5-11-24(15)16/h2-12H,1H3,(H,22,26)/b10-9+/t12-/m1/s1. The molecule has 3 rings (SSSR count). The van der Waals surface area contributed by atoms with Gasteiger partial charge >= 0.3 is 5.97 Å². The van der Waals surface area contributed by atoms with Gasteiger partial charge in [0.25, 0.3) is 5.91 Å². The van der Waals surface area contributed by atoms with Gasteiger partial charge in [-0.1, -0.05) is 29.8 Å². The van der Waals surface area contributed by atoms with Gasteiger partial charge in [0, 0.05) is 12.3 Å². The lowest BCUT2D eigenvalue weighted by Crippen LogP contribution is -2.29. The Balaban J connectivity index is 1.64. The van der Waals surface area contributed by atoms with E-state index < -0.39 is 23.8 Å². The number of halogens is 2. The highest BCUT2D eigenvalue weighted by Crippen LogP contribution is 2.19. The van der Waals surface area contributed by atoms with Gasteiger partial charge in [-0.05, 0) is 37.3 Å². The predicted octanol–water partition coefficient (Wildman–Crippen LogP) is 3.71. The Morgan fingerprint density at radius 3 is 2.78 bits per heavy atom. The number of fused-ring (bicyclic) bond motifs is 1. The Labute approximate surface area is 159 Å². The lowest BCUT2D eigenvalue weighted by Gasteiger charge is -2.12. The van der Waals surface area contributed by atoms with E-state index in [1.165, 1.54) is 31.2 Å². The van der Waals surface area contributed by atoms with Crippen molar-refractivity contribution >= 4 is 40.9 Å². The number of pyridine rings is 1. The summed E-state index contributed by atoms with van der Waals surface area (Å²) in [6, 6.07) is 11.1. The quantitative estimate of drug-likeness (QED) is 0.535. The second-order valence-corrected chi connectivity index (χ2v) is 5.96. The number of nitrogens with one attached hydrogen (secondary N) is 1. The van der Waals surface area contributed by atoms with E-state index in [1.54, 1.807) is 28.8 Å². The van der Waals surface area contributed by atoms with Crippen LogP contribution in [0.2, 0.25) is 5.15 Å². The van der Waals surface area contributed by atoms with Gasteiger partial charge in [-0.15, -0.1) is 0 Å². The van der Waals surface area contributed by atoms with E-state index in [0.717, 1.165) is 6.08 Å². The number of para-hydroxylation sites is 1. The fourth-order valence-corrected chi connectivity index (χ4v) is 2.59. The lowest BCUT2D eigenvalue weighted by molar-refractivity contribution is -0.148. The first-order chi connectivity index (χ1) is 13.0. The Morgan fingerprint density at radius 2 is 2.00 bits per heavy atom. The molecule has 0 saturated carbocycles. The topological polar surface area (TPSA) is 72.7 Å². The van der Waals surface area contributed by atoms with Crippen molar-refractivity contribution in [2.45, 2.75) is 13.0 Å². The number of carbonyl (C=O) groups excluding carboxylic acids is 2. The number of aromatic nitrogens is 2. The summed E-state index contributed by atoms with van der Waals surface area (Å²) in [5.74, 6) is -1.96. The van der Waals surface area contributed by atoms with Gasteiger partial charge in [0.2, 0.25) is 0 Å². The van der Waals surface area contributed by atoms with Crippen LogP contribution < -0.4 is 5.32 Å². The summed E-state index contributed by atoms with van der Waals surface area (Å²) < 4.78 is 20.3. The normalized spacial score (nSPS) is 12.3. The first kappa shape index (κ1) is 18.6. The largest absolute Gasteiger partial charge is 0.449 e. The van der Waals surface area contributed by atoms with Crippen molar-refractivity contribution in [2.75, 3.05) is 5.32 Å².